The number of amides is 1. The molecule has 0 saturated carbocycles. The summed E-state index contributed by atoms with van der Waals surface area (Å²) in [5.74, 6) is 3.07. The molecule has 35 heavy (non-hydrogen) atoms. The van der Waals surface area contributed by atoms with Crippen molar-refractivity contribution in [2.75, 3.05) is 19.7 Å². The van der Waals surface area contributed by atoms with E-state index in [4.69, 9.17) is 14.5 Å². The number of carbonyl (C=O) groups is 1. The Bertz CT molecular complexity index is 1280. The maximum absolute atomic E-state index is 12.7. The van der Waals surface area contributed by atoms with Crippen LogP contribution >= 0.6 is 0 Å². The Kier molecular flexibility index (Phi) is 6.98. The fourth-order valence-corrected chi connectivity index (χ4v) is 4.68. The molecule has 1 saturated heterocycles. The largest absolute Gasteiger partial charge is 0.486 e. The molecule has 4 aromatic rings. The van der Waals surface area contributed by atoms with Crippen LogP contribution in [0.2, 0.25) is 0 Å². The number of nitrogens with zero attached hydrogens (tertiary/aromatic N) is 3. The van der Waals surface area contributed by atoms with E-state index in [2.05, 4.69) is 16.7 Å². The number of para-hydroxylation sites is 4. The highest BCUT2D eigenvalue weighted by Gasteiger charge is 2.25. The number of fused-ring (bicyclic) bond motifs is 1. The first kappa shape index (κ1) is 23.0. The van der Waals surface area contributed by atoms with Crippen LogP contribution in [0.4, 0.5) is 0 Å². The zero-order valence-electron chi connectivity index (χ0n) is 20.1. The van der Waals surface area contributed by atoms with E-state index in [1.807, 2.05) is 78.6 Å². The molecule has 1 aromatic heterocycles. The Morgan fingerprint density at radius 2 is 1.63 bits per heavy atom. The number of hydrogen-bond donors (Lipinski definition) is 0. The second kappa shape index (κ2) is 10.6. The maximum atomic E-state index is 12.7. The molecule has 0 N–H and O–H groups in total. The predicted molar refractivity (Wildman–Crippen MR) is 136 cm³/mol. The normalized spacial score (nSPS) is 14.3. The molecule has 3 aromatic carbocycles. The number of carbonyl (C=O) groups excluding carboxylic acids is 1. The average molecular weight is 470 g/mol. The lowest BCUT2D eigenvalue weighted by molar-refractivity contribution is -0.134. The lowest BCUT2D eigenvalue weighted by Gasteiger charge is -2.32. The van der Waals surface area contributed by atoms with E-state index >= 15 is 0 Å². The van der Waals surface area contributed by atoms with Gasteiger partial charge in [0.15, 0.2) is 6.61 Å². The molecule has 0 atom stereocenters. The minimum absolute atomic E-state index is 0.0525. The van der Waals surface area contributed by atoms with Gasteiger partial charge in [-0.25, -0.2) is 4.98 Å². The zero-order valence-corrected chi connectivity index (χ0v) is 20.1. The zero-order chi connectivity index (χ0) is 24.0. The third-order valence-electron chi connectivity index (χ3n) is 6.70. The van der Waals surface area contributed by atoms with Gasteiger partial charge in [-0.05, 0) is 61.6 Å². The molecule has 0 aliphatic carbocycles. The van der Waals surface area contributed by atoms with Gasteiger partial charge in [-0.2, -0.15) is 0 Å². The third-order valence-corrected chi connectivity index (χ3v) is 6.70. The Balaban J connectivity index is 1.20. The highest BCUT2D eigenvalue weighted by atomic mass is 16.5. The van der Waals surface area contributed by atoms with Crippen molar-refractivity contribution in [2.45, 2.75) is 32.9 Å². The number of imidazole rings is 1. The van der Waals surface area contributed by atoms with Crippen molar-refractivity contribution in [3.8, 4) is 11.5 Å². The van der Waals surface area contributed by atoms with Gasteiger partial charge in [0.2, 0.25) is 0 Å². The predicted octanol–water partition coefficient (Wildman–Crippen LogP) is 5.24. The van der Waals surface area contributed by atoms with Crippen LogP contribution in [0.5, 0.6) is 11.5 Å². The van der Waals surface area contributed by atoms with Crippen LogP contribution in [0.25, 0.3) is 11.0 Å². The molecule has 1 fully saturated rings. The smallest absolute Gasteiger partial charge is 0.260 e. The van der Waals surface area contributed by atoms with Gasteiger partial charge in [-0.15, -0.1) is 0 Å². The summed E-state index contributed by atoms with van der Waals surface area (Å²) in [6, 6.07) is 25.9. The van der Waals surface area contributed by atoms with Gasteiger partial charge < -0.3 is 18.9 Å². The first-order valence-corrected chi connectivity index (χ1v) is 12.3. The summed E-state index contributed by atoms with van der Waals surface area (Å²) in [4.78, 5) is 19.5. The van der Waals surface area contributed by atoms with Gasteiger partial charge in [0, 0.05) is 19.6 Å². The summed E-state index contributed by atoms with van der Waals surface area (Å²) in [7, 11) is 0. The van der Waals surface area contributed by atoms with Gasteiger partial charge in [0.05, 0.1) is 11.0 Å². The molecule has 1 aliphatic heterocycles. The molecule has 0 unspecified atom stereocenters. The van der Waals surface area contributed by atoms with E-state index in [1.165, 1.54) is 0 Å². The van der Waals surface area contributed by atoms with Crippen molar-refractivity contribution in [3.63, 3.8) is 0 Å². The number of piperidine rings is 1. The minimum Gasteiger partial charge on any atom is -0.486 e. The molecule has 0 bridgehead atoms. The molecule has 2 heterocycles. The lowest BCUT2D eigenvalue weighted by atomic mass is 9.96. The fraction of sp³-hybridized carbons (Fsp3) is 0.310. The summed E-state index contributed by atoms with van der Waals surface area (Å²) in [6.07, 6.45) is 1.92. The first-order chi connectivity index (χ1) is 17.2. The summed E-state index contributed by atoms with van der Waals surface area (Å²) >= 11 is 0. The summed E-state index contributed by atoms with van der Waals surface area (Å²) in [5.41, 5.74) is 3.16. The van der Waals surface area contributed by atoms with Crippen LogP contribution in [0, 0.1) is 12.8 Å². The van der Waals surface area contributed by atoms with E-state index in [-0.39, 0.29) is 12.5 Å². The van der Waals surface area contributed by atoms with Crippen molar-refractivity contribution in [2.24, 2.45) is 5.92 Å². The number of likely N-dealkylation sites (tertiary alicyclic amines) is 1. The van der Waals surface area contributed by atoms with Crippen LogP contribution in [0.1, 0.15) is 24.2 Å². The van der Waals surface area contributed by atoms with Crippen molar-refractivity contribution < 1.29 is 14.3 Å². The van der Waals surface area contributed by atoms with E-state index < -0.39 is 0 Å². The van der Waals surface area contributed by atoms with Crippen molar-refractivity contribution in [1.82, 2.24) is 14.5 Å². The molecular formula is C29H31N3O3. The number of rotatable bonds is 8. The molecule has 0 radical (unpaired) electrons. The standard InChI is InChI=1S/C29H31N3O3/c1-22-9-5-8-14-27(22)35-21-29(33)31-17-15-23(16-18-31)19-32-26-13-7-6-12-25(26)30-28(32)20-34-24-10-3-2-4-11-24/h2-14,23H,15-21H2,1H3. The number of aryl methyl sites for hydroxylation is 1. The summed E-state index contributed by atoms with van der Waals surface area (Å²) < 4.78 is 14.1. The second-order valence-corrected chi connectivity index (χ2v) is 9.11. The van der Waals surface area contributed by atoms with Gasteiger partial charge >= 0.3 is 0 Å². The minimum atomic E-state index is 0.0525. The van der Waals surface area contributed by atoms with Gasteiger partial charge in [0.25, 0.3) is 5.91 Å². The van der Waals surface area contributed by atoms with Gasteiger partial charge in [-0.3, -0.25) is 4.79 Å². The topological polar surface area (TPSA) is 56.6 Å². The Labute approximate surface area is 206 Å². The molecule has 5 rings (SSSR count). The van der Waals surface area contributed by atoms with E-state index in [9.17, 15) is 4.79 Å². The molecule has 6 nitrogen and oxygen atoms in total. The number of hydrogen-bond acceptors (Lipinski definition) is 4. The third kappa shape index (κ3) is 5.48. The van der Waals surface area contributed by atoms with Crippen LogP contribution in [0.15, 0.2) is 78.9 Å². The Morgan fingerprint density at radius 3 is 2.43 bits per heavy atom. The highest BCUT2D eigenvalue weighted by molar-refractivity contribution is 5.78. The lowest BCUT2D eigenvalue weighted by Crippen LogP contribution is -2.41. The quantitative estimate of drug-likeness (QED) is 0.354. The maximum Gasteiger partial charge on any atom is 0.260 e. The van der Waals surface area contributed by atoms with Crippen molar-refractivity contribution in [3.05, 3.63) is 90.3 Å². The van der Waals surface area contributed by atoms with Crippen molar-refractivity contribution >= 4 is 16.9 Å². The SMILES string of the molecule is Cc1ccccc1OCC(=O)N1CCC(Cn2c(COc3ccccc3)nc3ccccc32)CC1. The average Bonchev–Trinajstić information content (AvgIpc) is 3.25. The summed E-state index contributed by atoms with van der Waals surface area (Å²) in [5, 5.41) is 0. The molecule has 0 spiro atoms. The number of benzene rings is 3. The molecule has 1 aliphatic rings. The fourth-order valence-electron chi connectivity index (χ4n) is 4.68. The van der Waals surface area contributed by atoms with Crippen LogP contribution in [0.3, 0.4) is 0 Å². The number of aromatic nitrogens is 2. The molecule has 1 amide bonds. The summed E-state index contributed by atoms with van der Waals surface area (Å²) in [6.45, 7) is 4.88. The monoisotopic (exact) mass is 469 g/mol. The Morgan fingerprint density at radius 1 is 0.914 bits per heavy atom. The van der Waals surface area contributed by atoms with E-state index in [0.717, 1.165) is 66.4 Å². The van der Waals surface area contributed by atoms with Gasteiger partial charge in [-0.1, -0.05) is 48.5 Å². The van der Waals surface area contributed by atoms with Crippen molar-refractivity contribution in [1.29, 1.82) is 0 Å². The van der Waals surface area contributed by atoms with E-state index in [1.54, 1.807) is 0 Å². The Hall–Kier alpha value is -3.80. The van der Waals surface area contributed by atoms with Crippen LogP contribution < -0.4 is 9.47 Å². The molecular weight excluding hydrogens is 438 g/mol. The highest BCUT2D eigenvalue weighted by Crippen LogP contribution is 2.25. The van der Waals surface area contributed by atoms with Crippen LogP contribution in [-0.4, -0.2) is 40.1 Å². The number of ether oxygens (including phenoxy) is 2. The molecule has 6 heteroatoms. The van der Waals surface area contributed by atoms with Crippen LogP contribution in [-0.2, 0) is 17.9 Å². The molecule has 180 valence electrons. The van der Waals surface area contributed by atoms with Gasteiger partial charge in [0.1, 0.15) is 23.9 Å². The second-order valence-electron chi connectivity index (χ2n) is 9.11. The van der Waals surface area contributed by atoms with E-state index in [0.29, 0.717) is 12.5 Å². The first-order valence-electron chi connectivity index (χ1n) is 12.3.